The molecule has 0 radical (unpaired) electrons. The highest BCUT2D eigenvalue weighted by Gasteiger charge is 2.57. The normalized spacial score (nSPS) is 11.3. The summed E-state index contributed by atoms with van der Waals surface area (Å²) in [5.74, 6) is 59.8. The molecule has 3 amide bonds. The smallest absolute Gasteiger partial charge is 0.312 e. The maximum absolute atomic E-state index is 13.1. The molecule has 1 saturated heterocycles. The van der Waals surface area contributed by atoms with Crippen molar-refractivity contribution in [2.75, 3.05) is 11.9 Å². The molecule has 2 aliphatic rings. The molecule has 1 aromatic carbocycles. The molecular weight excluding hydrogens is 661 g/mol. The minimum Gasteiger partial charge on any atom is -0.312 e. The molecule has 240 valence electrons. The van der Waals surface area contributed by atoms with Crippen LogP contribution in [0.25, 0.3) is 4.85 Å². The van der Waals surface area contributed by atoms with Gasteiger partial charge in [-0.25, -0.2) is 14.5 Å². The zero-order valence-electron chi connectivity index (χ0n) is 26.9. The molecule has 1 heterocycles. The van der Waals surface area contributed by atoms with Crippen LogP contribution in [0.1, 0.15) is 31.2 Å². The summed E-state index contributed by atoms with van der Waals surface area (Å²) in [6.45, 7) is 6.86. The van der Waals surface area contributed by atoms with Gasteiger partial charge in [-0.15, -0.1) is 6.42 Å². The number of nitriles is 1. The number of urea groups is 1. The van der Waals surface area contributed by atoms with Gasteiger partial charge >= 0.3 is 12.2 Å². The average molecular weight is 677 g/mol. The van der Waals surface area contributed by atoms with Crippen molar-refractivity contribution < 1.29 is 22.8 Å². The predicted octanol–water partition coefficient (Wildman–Crippen LogP) is 4.15. The number of anilines is 1. The lowest BCUT2D eigenvalue weighted by atomic mass is 9.96. The van der Waals surface area contributed by atoms with E-state index in [-0.39, 0.29) is 5.69 Å². The minimum atomic E-state index is -4.74. The lowest BCUT2D eigenvalue weighted by Gasteiger charge is -2.27. The quantitative estimate of drug-likeness (QED) is 0.255. The predicted molar refractivity (Wildman–Crippen MR) is 187 cm³/mol. The van der Waals surface area contributed by atoms with Crippen LogP contribution < -0.4 is 4.90 Å². The Balaban J connectivity index is 0.000000363. The molecule has 6 nitrogen and oxygen atoms in total. The maximum Gasteiger partial charge on any atom is 0.407 e. The molecule has 0 atom stereocenters. The van der Waals surface area contributed by atoms with Crippen LogP contribution in [0.4, 0.5) is 29.3 Å². The Morgan fingerprint density at radius 3 is 1.44 bits per heavy atom. The van der Waals surface area contributed by atoms with E-state index >= 15 is 0 Å². The summed E-state index contributed by atoms with van der Waals surface area (Å²) >= 11 is 0. The van der Waals surface area contributed by atoms with Gasteiger partial charge in [0.15, 0.2) is 11.8 Å². The fourth-order valence-corrected chi connectivity index (χ4v) is 4.25. The molecule has 0 unspecified atom stereocenters. The van der Waals surface area contributed by atoms with E-state index in [1.165, 1.54) is 18.0 Å². The van der Waals surface area contributed by atoms with Crippen molar-refractivity contribution in [3.05, 3.63) is 35.2 Å². The lowest BCUT2D eigenvalue weighted by Crippen LogP contribution is -2.45. The van der Waals surface area contributed by atoms with Crippen molar-refractivity contribution in [1.82, 2.24) is 4.90 Å². The summed E-state index contributed by atoms with van der Waals surface area (Å²) in [5, 5.41) is 8.13. The second-order valence-electron chi connectivity index (χ2n) is 9.29. The number of likely N-dealkylation sites (N-methyl/N-ethyl adjacent to an activating group) is 1. The Labute approximate surface area is 300 Å². The zero-order valence-corrected chi connectivity index (χ0v) is 26.9. The molecule has 1 spiro atoms. The third-order valence-electron chi connectivity index (χ3n) is 6.38. The monoisotopic (exact) mass is 676 g/mol. The zero-order chi connectivity index (χ0) is 38.1. The molecular formula is C43H15F3N4O2. The first-order chi connectivity index (χ1) is 25.1. The Hall–Kier alpha value is -8.79. The van der Waals surface area contributed by atoms with Crippen molar-refractivity contribution in [2.45, 2.75) is 37.4 Å². The van der Waals surface area contributed by atoms with Crippen molar-refractivity contribution in [3.8, 4) is 161 Å². The van der Waals surface area contributed by atoms with Gasteiger partial charge in [0.2, 0.25) is 0 Å². The van der Waals surface area contributed by atoms with Crippen LogP contribution in [0, 0.1) is 172 Å². The molecule has 52 heavy (non-hydrogen) atoms. The average Bonchev–Trinajstić information content (AvgIpc) is 3.70. The second-order valence-corrected chi connectivity index (χ2v) is 9.29. The highest BCUT2D eigenvalue weighted by atomic mass is 19.4. The van der Waals surface area contributed by atoms with Gasteiger partial charge in [-0.3, -0.25) is 4.79 Å². The summed E-state index contributed by atoms with van der Waals surface area (Å²) < 4.78 is 39.4. The summed E-state index contributed by atoms with van der Waals surface area (Å²) in [7, 11) is 1.50. The number of alkyl halides is 3. The van der Waals surface area contributed by atoms with Crippen LogP contribution in [-0.2, 0) is 11.0 Å². The number of carbonyl (C=O) groups is 2. The van der Waals surface area contributed by atoms with Gasteiger partial charge in [0, 0.05) is 108 Å². The molecule has 0 bridgehead atoms. The number of terminal acetylenes is 1. The summed E-state index contributed by atoms with van der Waals surface area (Å²) in [5.41, 5.74) is -2.81. The standard InChI is InChI=1S/C27HN.C16H14F3N3O2/c1-2-3-4-5-6-7-8-9-10-11-12-13-14-15-16-17-18-19-20-21-22-23-24-25-26-27-28;1-20-12-6-5-10(9-11(12)16(17,18)19)22-13(23)15(7-3-4-8-15)21(2)14(22)24/h1H;5-6,9H,3-4,7-8H2,2H3. The van der Waals surface area contributed by atoms with Crippen LogP contribution >= 0.6 is 0 Å². The molecule has 0 N–H and O–H groups in total. The number of imide groups is 1. The number of rotatable bonds is 1. The molecule has 1 saturated carbocycles. The van der Waals surface area contributed by atoms with Crippen molar-refractivity contribution >= 4 is 23.3 Å². The fourth-order valence-electron chi connectivity index (χ4n) is 4.25. The lowest BCUT2D eigenvalue weighted by molar-refractivity contribution is -0.137. The van der Waals surface area contributed by atoms with E-state index in [0.717, 1.165) is 23.8 Å². The summed E-state index contributed by atoms with van der Waals surface area (Å²) in [4.78, 5) is 30.3. The molecule has 9 heteroatoms. The molecule has 1 aromatic rings. The minimum absolute atomic E-state index is 0.152. The molecule has 3 rings (SSSR count). The number of benzene rings is 1. The van der Waals surface area contributed by atoms with E-state index in [1.807, 2.05) is 0 Å². The SMILES string of the molecule is C#CC#CC#CC#CC#CC#CC#CC#CC#CC#CC#CC#CC#CC#N.[C-]#[N+]c1ccc(N2C(=O)N(C)C3(CCCC3)C2=O)cc1C(F)(F)F. The Bertz CT molecular complexity index is 2470. The van der Waals surface area contributed by atoms with Crippen LogP contribution in [0.5, 0.6) is 0 Å². The molecule has 1 aliphatic carbocycles. The number of carbonyl (C=O) groups excluding carboxylic acids is 2. The highest BCUT2D eigenvalue weighted by Crippen LogP contribution is 2.44. The second kappa shape index (κ2) is 21.2. The van der Waals surface area contributed by atoms with Gasteiger partial charge in [0.1, 0.15) is 5.54 Å². The van der Waals surface area contributed by atoms with Gasteiger partial charge in [-0.05, 0) is 72.3 Å². The largest absolute Gasteiger partial charge is 0.407 e. The summed E-state index contributed by atoms with van der Waals surface area (Å²) in [6.07, 6.45) is 2.78. The van der Waals surface area contributed by atoms with E-state index in [4.69, 9.17) is 18.3 Å². The van der Waals surface area contributed by atoms with E-state index < -0.39 is 34.9 Å². The van der Waals surface area contributed by atoms with Gasteiger partial charge < -0.3 is 4.90 Å². The van der Waals surface area contributed by atoms with Crippen LogP contribution in [0.15, 0.2) is 18.2 Å². The topological polar surface area (TPSA) is 68.8 Å². The third-order valence-corrected chi connectivity index (χ3v) is 6.38. The number of hydrogen-bond acceptors (Lipinski definition) is 3. The van der Waals surface area contributed by atoms with E-state index in [2.05, 4.69) is 153 Å². The van der Waals surface area contributed by atoms with Gasteiger partial charge in [0.05, 0.1) is 17.8 Å². The Morgan fingerprint density at radius 1 is 0.712 bits per heavy atom. The number of hydrogen-bond donors (Lipinski definition) is 0. The number of nitrogens with zero attached hydrogens (tertiary/aromatic N) is 4. The first-order valence-corrected chi connectivity index (χ1v) is 14.2. The Kier molecular flexibility index (Phi) is 16.0. The number of amides is 3. The first kappa shape index (κ1) is 39.4. The van der Waals surface area contributed by atoms with Gasteiger partial charge in [-0.2, -0.15) is 18.4 Å². The van der Waals surface area contributed by atoms with E-state index in [9.17, 15) is 22.8 Å². The van der Waals surface area contributed by atoms with Crippen molar-refractivity contribution in [1.29, 1.82) is 5.26 Å². The molecule has 0 aromatic heterocycles. The van der Waals surface area contributed by atoms with E-state index in [0.29, 0.717) is 18.9 Å². The molecule has 1 aliphatic heterocycles. The number of halogens is 3. The van der Waals surface area contributed by atoms with E-state index in [1.54, 1.807) is 6.07 Å². The van der Waals surface area contributed by atoms with Gasteiger partial charge in [-0.1, -0.05) is 18.9 Å². The maximum atomic E-state index is 13.1. The van der Waals surface area contributed by atoms with Crippen LogP contribution in [-0.4, -0.2) is 29.4 Å². The molecule has 2 fully saturated rings. The summed E-state index contributed by atoms with van der Waals surface area (Å²) in [6, 6.07) is 3.89. The van der Waals surface area contributed by atoms with Gasteiger partial charge in [0.25, 0.3) is 5.91 Å². The van der Waals surface area contributed by atoms with Crippen molar-refractivity contribution in [2.24, 2.45) is 0 Å². The highest BCUT2D eigenvalue weighted by molar-refractivity contribution is 6.23. The Morgan fingerprint density at radius 2 is 1.10 bits per heavy atom. The first-order valence-electron chi connectivity index (χ1n) is 14.2. The van der Waals surface area contributed by atoms with Crippen LogP contribution in [0.2, 0.25) is 0 Å². The fraction of sp³-hybridized carbons (Fsp3) is 0.163. The van der Waals surface area contributed by atoms with Crippen molar-refractivity contribution in [3.63, 3.8) is 0 Å². The third kappa shape index (κ3) is 12.1. The van der Waals surface area contributed by atoms with Crippen LogP contribution in [0.3, 0.4) is 0 Å².